The van der Waals surface area contributed by atoms with E-state index >= 15 is 0 Å². The highest BCUT2D eigenvalue weighted by Gasteiger charge is 2.28. The minimum Gasteiger partial charge on any atom is -0.389 e. The van der Waals surface area contributed by atoms with Crippen LogP contribution in [0.25, 0.3) is 0 Å². The average Bonchev–Trinajstić information content (AvgIpc) is 2.45. The third-order valence-corrected chi connectivity index (χ3v) is 4.01. The Morgan fingerprint density at radius 3 is 1.71 bits per heavy atom. The van der Waals surface area contributed by atoms with Gasteiger partial charge in [0.25, 0.3) is 6.04 Å². The van der Waals surface area contributed by atoms with Crippen molar-refractivity contribution in [1.29, 1.82) is 0 Å². The Bertz CT molecular complexity index is 248. The van der Waals surface area contributed by atoms with Gasteiger partial charge in [-0.2, -0.15) is 0 Å². The smallest absolute Gasteiger partial charge is 0.261 e. The molecule has 2 N–H and O–H groups in total. The second-order valence-corrected chi connectivity index (χ2v) is 5.93. The van der Waals surface area contributed by atoms with E-state index in [0.29, 0.717) is 6.42 Å². The summed E-state index contributed by atoms with van der Waals surface area (Å²) < 4.78 is 0. The summed E-state index contributed by atoms with van der Waals surface area (Å²) >= 11 is 0. The van der Waals surface area contributed by atoms with E-state index in [2.05, 4.69) is 6.92 Å². The number of unbranched alkanes of at least 4 members (excludes halogenated alkanes) is 10. The molecule has 0 radical (unpaired) electrons. The summed E-state index contributed by atoms with van der Waals surface area (Å²) in [6, 6.07) is -1.23. The molecule has 5 nitrogen and oxygen atoms in total. The molecule has 0 rings (SSSR count). The summed E-state index contributed by atoms with van der Waals surface area (Å²) in [5, 5.41) is 29.0. The molecule has 5 heteroatoms. The second kappa shape index (κ2) is 14.3. The molecule has 2 unspecified atom stereocenters. The van der Waals surface area contributed by atoms with Gasteiger partial charge in [-0.25, -0.2) is 0 Å². The van der Waals surface area contributed by atoms with E-state index in [-0.39, 0.29) is 0 Å². The van der Waals surface area contributed by atoms with Gasteiger partial charge in [0.1, 0.15) is 12.7 Å². The minimum absolute atomic E-state index is 0.406. The number of hydrogen-bond acceptors (Lipinski definition) is 4. The third-order valence-electron chi connectivity index (χ3n) is 4.01. The summed E-state index contributed by atoms with van der Waals surface area (Å²) in [7, 11) is 0. The Balaban J connectivity index is 3.34. The van der Waals surface area contributed by atoms with E-state index in [9.17, 15) is 15.2 Å². The van der Waals surface area contributed by atoms with Crippen LogP contribution >= 0.6 is 0 Å². The molecule has 0 aliphatic heterocycles. The van der Waals surface area contributed by atoms with Crippen LogP contribution in [-0.4, -0.2) is 33.9 Å². The molecule has 0 amide bonds. The summed E-state index contributed by atoms with van der Waals surface area (Å²) in [6.07, 6.45) is 12.8. The van der Waals surface area contributed by atoms with Gasteiger partial charge in [0.05, 0.1) is 0 Å². The highest BCUT2D eigenvalue weighted by Crippen LogP contribution is 2.13. The molecule has 0 aromatic carbocycles. The maximum absolute atomic E-state index is 10.6. The predicted molar refractivity (Wildman–Crippen MR) is 85.0 cm³/mol. The Morgan fingerprint density at radius 2 is 1.33 bits per heavy atom. The fourth-order valence-electron chi connectivity index (χ4n) is 2.54. The molecule has 0 aliphatic carbocycles. The Morgan fingerprint density at radius 1 is 0.905 bits per heavy atom. The number of nitro groups is 1. The summed E-state index contributed by atoms with van der Waals surface area (Å²) in [5.41, 5.74) is 0. The van der Waals surface area contributed by atoms with Crippen molar-refractivity contribution in [2.45, 2.75) is 96.1 Å². The first-order chi connectivity index (χ1) is 10.1. The van der Waals surface area contributed by atoms with E-state index in [1.165, 1.54) is 51.4 Å². The number of aliphatic hydroxyl groups is 2. The first kappa shape index (κ1) is 20.3. The van der Waals surface area contributed by atoms with Crippen molar-refractivity contribution in [1.82, 2.24) is 0 Å². The molecule has 0 aliphatic rings. The molecular weight excluding hydrogens is 270 g/mol. The summed E-state index contributed by atoms with van der Waals surface area (Å²) in [5.74, 6) is 0. The maximum Gasteiger partial charge on any atom is 0.261 e. The predicted octanol–water partition coefficient (Wildman–Crippen LogP) is 3.69. The van der Waals surface area contributed by atoms with Crippen molar-refractivity contribution in [3.63, 3.8) is 0 Å². The molecule has 21 heavy (non-hydrogen) atoms. The summed E-state index contributed by atoms with van der Waals surface area (Å²) in [6.45, 7) is 1.64. The molecule has 0 saturated carbocycles. The normalized spacial score (nSPS) is 14.0. The van der Waals surface area contributed by atoms with Crippen LogP contribution in [0.15, 0.2) is 0 Å². The van der Waals surface area contributed by atoms with E-state index < -0.39 is 23.7 Å². The molecule has 2 atom stereocenters. The second-order valence-electron chi connectivity index (χ2n) is 5.93. The fourth-order valence-corrected chi connectivity index (χ4v) is 2.54. The van der Waals surface area contributed by atoms with Gasteiger partial charge in [0, 0.05) is 4.92 Å². The molecule has 126 valence electrons. The van der Waals surface area contributed by atoms with Gasteiger partial charge in [-0.05, 0) is 6.42 Å². The van der Waals surface area contributed by atoms with Crippen LogP contribution < -0.4 is 0 Å². The zero-order chi connectivity index (χ0) is 15.9. The van der Waals surface area contributed by atoms with Gasteiger partial charge in [0.2, 0.25) is 0 Å². The monoisotopic (exact) mass is 303 g/mol. The van der Waals surface area contributed by atoms with Gasteiger partial charge in [0.15, 0.2) is 0 Å². The van der Waals surface area contributed by atoms with Crippen LogP contribution in [0.3, 0.4) is 0 Å². The quantitative estimate of drug-likeness (QED) is 0.274. The van der Waals surface area contributed by atoms with E-state index in [1.807, 2.05) is 0 Å². The number of rotatable bonds is 15. The topological polar surface area (TPSA) is 83.6 Å². The minimum atomic E-state index is -1.23. The zero-order valence-corrected chi connectivity index (χ0v) is 13.5. The van der Waals surface area contributed by atoms with Crippen LogP contribution in [0.4, 0.5) is 0 Å². The lowest BCUT2D eigenvalue weighted by Crippen LogP contribution is -2.36. The van der Waals surface area contributed by atoms with E-state index in [1.54, 1.807) is 0 Å². The van der Waals surface area contributed by atoms with Crippen molar-refractivity contribution in [2.75, 3.05) is 6.61 Å². The van der Waals surface area contributed by atoms with Crippen molar-refractivity contribution in [2.24, 2.45) is 0 Å². The molecule has 0 bridgehead atoms. The van der Waals surface area contributed by atoms with Crippen molar-refractivity contribution >= 4 is 0 Å². The van der Waals surface area contributed by atoms with E-state index in [4.69, 9.17) is 5.11 Å². The summed E-state index contributed by atoms with van der Waals surface area (Å²) in [4.78, 5) is 9.96. The zero-order valence-electron chi connectivity index (χ0n) is 13.5. The first-order valence-corrected chi connectivity index (χ1v) is 8.55. The highest BCUT2D eigenvalue weighted by molar-refractivity contribution is 4.67. The van der Waals surface area contributed by atoms with Gasteiger partial charge < -0.3 is 10.2 Å². The third kappa shape index (κ3) is 11.6. The Labute approximate surface area is 128 Å². The first-order valence-electron chi connectivity index (χ1n) is 8.55. The number of aliphatic hydroxyl groups excluding tert-OH is 2. The van der Waals surface area contributed by atoms with Crippen LogP contribution in [0.1, 0.15) is 84.0 Å². The Hall–Kier alpha value is -0.680. The lowest BCUT2D eigenvalue weighted by atomic mass is 10.0. The van der Waals surface area contributed by atoms with Gasteiger partial charge in [-0.15, -0.1) is 0 Å². The van der Waals surface area contributed by atoms with Crippen molar-refractivity contribution in [3.8, 4) is 0 Å². The largest absolute Gasteiger partial charge is 0.389 e. The molecule has 0 fully saturated rings. The molecule has 0 heterocycles. The standard InChI is InChI=1S/C16H33NO4/c1-2-3-4-5-6-7-8-9-10-11-12-13-16(19)15(14-18)17(20)21/h15-16,18-19H,2-14H2,1H3. The molecular formula is C16H33NO4. The lowest BCUT2D eigenvalue weighted by Gasteiger charge is -2.13. The molecule has 0 aromatic heterocycles. The SMILES string of the molecule is CCCCCCCCCCCCCC(O)C(CO)[N+](=O)[O-]. The molecule has 0 spiro atoms. The van der Waals surface area contributed by atoms with E-state index in [0.717, 1.165) is 19.3 Å². The van der Waals surface area contributed by atoms with Crippen molar-refractivity contribution < 1.29 is 15.1 Å². The molecule has 0 saturated heterocycles. The average molecular weight is 303 g/mol. The number of hydrogen-bond donors (Lipinski definition) is 2. The van der Waals surface area contributed by atoms with Crippen molar-refractivity contribution in [3.05, 3.63) is 10.1 Å². The van der Waals surface area contributed by atoms with Crippen LogP contribution in [0.2, 0.25) is 0 Å². The highest BCUT2D eigenvalue weighted by atomic mass is 16.6. The van der Waals surface area contributed by atoms with Gasteiger partial charge in [-0.3, -0.25) is 10.1 Å². The van der Waals surface area contributed by atoms with Crippen LogP contribution in [0.5, 0.6) is 0 Å². The van der Waals surface area contributed by atoms with Gasteiger partial charge in [-0.1, -0.05) is 77.6 Å². The fraction of sp³-hybridized carbons (Fsp3) is 1.00. The maximum atomic E-state index is 10.6. The lowest BCUT2D eigenvalue weighted by molar-refractivity contribution is -0.537. The van der Waals surface area contributed by atoms with Crippen LogP contribution in [0, 0.1) is 10.1 Å². The van der Waals surface area contributed by atoms with Gasteiger partial charge >= 0.3 is 0 Å². The Kier molecular flexibility index (Phi) is 13.8. The van der Waals surface area contributed by atoms with Crippen LogP contribution in [-0.2, 0) is 0 Å². The number of nitrogens with zero attached hydrogens (tertiary/aromatic N) is 1. The molecule has 0 aromatic rings.